The predicted molar refractivity (Wildman–Crippen MR) is 80.6 cm³/mol. The quantitative estimate of drug-likeness (QED) is 0.687. The summed E-state index contributed by atoms with van der Waals surface area (Å²) < 4.78 is 0. The molecule has 0 unspecified atom stereocenters. The second kappa shape index (κ2) is 7.84. The lowest BCUT2D eigenvalue weighted by Gasteiger charge is -2.42. The fourth-order valence-corrected chi connectivity index (χ4v) is 3.15. The fraction of sp³-hybridized carbons (Fsp3) is 0.857. The predicted octanol–water partition coefficient (Wildman–Crippen LogP) is 1.10. The van der Waals surface area contributed by atoms with Crippen LogP contribution in [0.3, 0.4) is 0 Å². The monoisotopic (exact) mass is 303 g/mol. The van der Waals surface area contributed by atoms with Gasteiger partial charge in [-0.25, -0.2) is 0 Å². The Morgan fingerprint density at radius 3 is 2.40 bits per heavy atom. The third-order valence-corrected chi connectivity index (χ3v) is 4.47. The first-order chi connectivity index (χ1) is 9.10. The highest BCUT2D eigenvalue weighted by Gasteiger charge is 2.39. The van der Waals surface area contributed by atoms with Crippen molar-refractivity contribution in [3.63, 3.8) is 0 Å². The average Bonchev–Trinajstić information content (AvgIpc) is 2.34. The number of halogens is 1. The third kappa shape index (κ3) is 4.94. The second-order valence-electron chi connectivity index (χ2n) is 6.06. The van der Waals surface area contributed by atoms with E-state index in [9.17, 15) is 9.59 Å². The molecule has 2 aliphatic rings. The van der Waals surface area contributed by atoms with Gasteiger partial charge in [-0.2, -0.15) is 0 Å². The van der Waals surface area contributed by atoms with E-state index in [-0.39, 0.29) is 36.2 Å². The summed E-state index contributed by atoms with van der Waals surface area (Å²) in [6, 6.07) is 0. The Bertz CT molecular complexity index is 339. The average molecular weight is 304 g/mol. The highest BCUT2D eigenvalue weighted by Crippen LogP contribution is 2.35. The number of primary amides is 1. The van der Waals surface area contributed by atoms with E-state index in [4.69, 9.17) is 5.73 Å². The summed E-state index contributed by atoms with van der Waals surface area (Å²) in [6.07, 6.45) is 6.99. The number of nitrogens with two attached hydrogens (primary N) is 1. The minimum Gasteiger partial charge on any atom is -0.370 e. The van der Waals surface area contributed by atoms with Crippen molar-refractivity contribution in [3.05, 3.63) is 0 Å². The van der Waals surface area contributed by atoms with E-state index in [1.165, 1.54) is 12.8 Å². The molecule has 2 amide bonds. The molecule has 20 heavy (non-hydrogen) atoms. The van der Waals surface area contributed by atoms with Gasteiger partial charge in [0.2, 0.25) is 11.8 Å². The van der Waals surface area contributed by atoms with E-state index in [1.54, 1.807) is 0 Å². The molecule has 1 aliphatic heterocycles. The van der Waals surface area contributed by atoms with E-state index < -0.39 is 0 Å². The summed E-state index contributed by atoms with van der Waals surface area (Å²) in [5, 5.41) is 6.37. The number of amides is 2. The number of nitrogens with one attached hydrogen (secondary N) is 2. The molecule has 1 aliphatic carbocycles. The van der Waals surface area contributed by atoms with Crippen molar-refractivity contribution < 1.29 is 9.59 Å². The smallest absolute Gasteiger partial charge is 0.220 e. The van der Waals surface area contributed by atoms with Crippen LogP contribution in [0, 0.1) is 5.92 Å². The Hall–Kier alpha value is -0.810. The zero-order valence-corrected chi connectivity index (χ0v) is 12.8. The van der Waals surface area contributed by atoms with Gasteiger partial charge in [-0.15, -0.1) is 12.4 Å². The molecular formula is C14H26ClN3O2. The van der Waals surface area contributed by atoms with E-state index in [1.807, 2.05) is 0 Å². The summed E-state index contributed by atoms with van der Waals surface area (Å²) in [6.45, 7) is 2.13. The number of hydrogen-bond acceptors (Lipinski definition) is 3. The highest BCUT2D eigenvalue weighted by atomic mass is 35.5. The van der Waals surface area contributed by atoms with Crippen molar-refractivity contribution >= 4 is 24.2 Å². The van der Waals surface area contributed by atoms with Crippen LogP contribution in [0.5, 0.6) is 0 Å². The topological polar surface area (TPSA) is 84.2 Å². The summed E-state index contributed by atoms with van der Waals surface area (Å²) in [7, 11) is 0. The molecule has 6 heteroatoms. The van der Waals surface area contributed by atoms with E-state index in [0.29, 0.717) is 12.3 Å². The molecule has 2 fully saturated rings. The number of hydrogen-bond donors (Lipinski definition) is 3. The molecule has 4 N–H and O–H groups in total. The first-order valence-electron chi connectivity index (χ1n) is 7.40. The van der Waals surface area contributed by atoms with Gasteiger partial charge in [0.05, 0.1) is 0 Å². The molecule has 0 aromatic carbocycles. The first-order valence-corrected chi connectivity index (χ1v) is 7.40. The van der Waals surface area contributed by atoms with Crippen molar-refractivity contribution in [3.8, 4) is 0 Å². The molecule has 2 rings (SSSR count). The number of carbonyl (C=O) groups excluding carboxylic acids is 2. The van der Waals surface area contributed by atoms with E-state index in [0.717, 1.165) is 38.8 Å². The minimum atomic E-state index is -0.322. The van der Waals surface area contributed by atoms with Gasteiger partial charge in [0.1, 0.15) is 0 Å². The molecule has 0 atom stereocenters. The molecule has 0 spiro atoms. The van der Waals surface area contributed by atoms with Gasteiger partial charge in [-0.3, -0.25) is 9.59 Å². The normalized spacial score (nSPS) is 21.4. The Morgan fingerprint density at radius 1 is 1.25 bits per heavy atom. The van der Waals surface area contributed by atoms with Gasteiger partial charge >= 0.3 is 0 Å². The van der Waals surface area contributed by atoms with Gasteiger partial charge in [0.15, 0.2) is 0 Å². The lowest BCUT2D eigenvalue weighted by Crippen LogP contribution is -2.55. The zero-order valence-electron chi connectivity index (χ0n) is 12.0. The van der Waals surface area contributed by atoms with Crippen LogP contribution in [-0.4, -0.2) is 30.4 Å². The van der Waals surface area contributed by atoms with Gasteiger partial charge in [-0.05, 0) is 57.5 Å². The maximum absolute atomic E-state index is 12.0. The van der Waals surface area contributed by atoms with Crippen LogP contribution in [0.1, 0.15) is 51.4 Å². The molecule has 0 radical (unpaired) electrons. The number of rotatable bonds is 6. The maximum Gasteiger partial charge on any atom is 0.220 e. The lowest BCUT2D eigenvalue weighted by molar-refractivity contribution is -0.126. The molecule has 1 saturated carbocycles. The molecule has 5 nitrogen and oxygen atoms in total. The standard InChI is InChI=1S/C14H25N3O2.ClH/c15-12(18)10-14(6-1-7-14)17-13(19)3-2-11-4-8-16-9-5-11;/h11,16H,1-10H2,(H2,15,18)(H,17,19);1H. The zero-order chi connectivity index (χ0) is 13.7. The van der Waals surface area contributed by atoms with E-state index >= 15 is 0 Å². The molecule has 1 saturated heterocycles. The van der Waals surface area contributed by atoms with Gasteiger partial charge in [0.25, 0.3) is 0 Å². The molecule has 0 bridgehead atoms. The van der Waals surface area contributed by atoms with Crippen molar-refractivity contribution in [2.45, 2.75) is 56.9 Å². The summed E-state index contributed by atoms with van der Waals surface area (Å²) in [4.78, 5) is 23.1. The van der Waals surface area contributed by atoms with Crippen molar-refractivity contribution in [2.24, 2.45) is 11.7 Å². The van der Waals surface area contributed by atoms with Gasteiger partial charge < -0.3 is 16.4 Å². The van der Waals surface area contributed by atoms with Crippen molar-refractivity contribution in [1.29, 1.82) is 0 Å². The summed E-state index contributed by atoms with van der Waals surface area (Å²) in [5.41, 5.74) is 4.94. The molecule has 0 aromatic heterocycles. The van der Waals surface area contributed by atoms with Crippen LogP contribution in [0.15, 0.2) is 0 Å². The molecule has 116 valence electrons. The molecule has 1 heterocycles. The lowest BCUT2D eigenvalue weighted by atomic mass is 9.74. The van der Waals surface area contributed by atoms with Crippen LogP contribution in [0.4, 0.5) is 0 Å². The third-order valence-electron chi connectivity index (χ3n) is 4.47. The van der Waals surface area contributed by atoms with Crippen molar-refractivity contribution in [1.82, 2.24) is 10.6 Å². The van der Waals surface area contributed by atoms with Crippen LogP contribution >= 0.6 is 12.4 Å². The molecule has 0 aromatic rings. The van der Waals surface area contributed by atoms with E-state index in [2.05, 4.69) is 10.6 Å². The Kier molecular flexibility index (Phi) is 6.76. The largest absolute Gasteiger partial charge is 0.370 e. The Labute approximate surface area is 126 Å². The number of piperidine rings is 1. The second-order valence-corrected chi connectivity index (χ2v) is 6.06. The SMILES string of the molecule is Cl.NC(=O)CC1(NC(=O)CCC2CCNCC2)CCC1. The summed E-state index contributed by atoms with van der Waals surface area (Å²) >= 11 is 0. The Balaban J connectivity index is 0.00000200. The van der Waals surface area contributed by atoms with Gasteiger partial charge in [-0.1, -0.05) is 0 Å². The fourth-order valence-electron chi connectivity index (χ4n) is 3.15. The van der Waals surface area contributed by atoms with Crippen LogP contribution in [0.2, 0.25) is 0 Å². The minimum absolute atomic E-state index is 0. The van der Waals surface area contributed by atoms with Gasteiger partial charge in [0, 0.05) is 18.4 Å². The summed E-state index contributed by atoms with van der Waals surface area (Å²) in [5.74, 6) is 0.429. The van der Waals surface area contributed by atoms with Crippen LogP contribution in [0.25, 0.3) is 0 Å². The Morgan fingerprint density at radius 2 is 1.90 bits per heavy atom. The highest BCUT2D eigenvalue weighted by molar-refractivity contribution is 5.85. The van der Waals surface area contributed by atoms with Crippen LogP contribution in [-0.2, 0) is 9.59 Å². The number of carbonyl (C=O) groups is 2. The van der Waals surface area contributed by atoms with Crippen LogP contribution < -0.4 is 16.4 Å². The first kappa shape index (κ1) is 17.2. The maximum atomic E-state index is 12.0. The van der Waals surface area contributed by atoms with Crippen molar-refractivity contribution in [2.75, 3.05) is 13.1 Å². The molecular weight excluding hydrogens is 278 g/mol.